The molecule has 3 aromatic rings. The van der Waals surface area contributed by atoms with E-state index in [-0.39, 0.29) is 27.3 Å². The Hall–Kier alpha value is -2.91. The number of anilines is 1. The van der Waals surface area contributed by atoms with Gasteiger partial charge >= 0.3 is 5.97 Å². The molecule has 1 aromatic heterocycles. The molecule has 1 heterocycles. The summed E-state index contributed by atoms with van der Waals surface area (Å²) in [5.74, 6) is -0.837. The van der Waals surface area contributed by atoms with Crippen molar-refractivity contribution >= 4 is 57.6 Å². The molecule has 0 aliphatic heterocycles. The first-order valence-corrected chi connectivity index (χ1v) is 13.8. The predicted molar refractivity (Wildman–Crippen MR) is 154 cm³/mol. The molecule has 3 rings (SSSR count). The van der Waals surface area contributed by atoms with Crippen molar-refractivity contribution in [3.05, 3.63) is 68.0 Å². The number of amides is 1. The van der Waals surface area contributed by atoms with Crippen LogP contribution in [0.1, 0.15) is 67.6 Å². The SMILES string of the molecule is CCCO[C@H](CCC)c1cccc(-c2csc(NC(=O)c3cc(Cl)c(C=C(C)C(=O)O)c(Cl)c3)n2)c1OC. The molecule has 0 saturated heterocycles. The van der Waals surface area contributed by atoms with Crippen LogP contribution >= 0.6 is 34.5 Å². The van der Waals surface area contributed by atoms with Crippen molar-refractivity contribution in [2.75, 3.05) is 19.0 Å². The fourth-order valence-corrected chi connectivity index (χ4v) is 5.15. The number of hydrogen-bond acceptors (Lipinski definition) is 6. The Bertz CT molecular complexity index is 1320. The fourth-order valence-electron chi connectivity index (χ4n) is 3.84. The zero-order valence-corrected chi connectivity index (χ0v) is 24.0. The van der Waals surface area contributed by atoms with E-state index in [2.05, 4.69) is 24.1 Å². The number of para-hydroxylation sites is 1. The van der Waals surface area contributed by atoms with E-state index >= 15 is 0 Å². The van der Waals surface area contributed by atoms with E-state index in [1.807, 2.05) is 23.6 Å². The summed E-state index contributed by atoms with van der Waals surface area (Å²) in [4.78, 5) is 28.7. The van der Waals surface area contributed by atoms with Crippen molar-refractivity contribution in [3.63, 3.8) is 0 Å². The average molecular weight is 578 g/mol. The number of carboxylic acid groups (broad SMARTS) is 1. The second kappa shape index (κ2) is 13.8. The molecular weight excluding hydrogens is 547 g/mol. The number of carbonyl (C=O) groups excluding carboxylic acids is 1. The number of benzene rings is 2. The third-order valence-electron chi connectivity index (χ3n) is 5.71. The Morgan fingerprint density at radius 2 is 1.89 bits per heavy atom. The maximum Gasteiger partial charge on any atom is 0.331 e. The molecule has 0 spiro atoms. The Kier molecular flexibility index (Phi) is 10.7. The smallest absolute Gasteiger partial charge is 0.331 e. The molecule has 0 aliphatic rings. The molecule has 0 aliphatic carbocycles. The van der Waals surface area contributed by atoms with Gasteiger partial charge in [-0.15, -0.1) is 11.3 Å². The largest absolute Gasteiger partial charge is 0.496 e. The first-order valence-electron chi connectivity index (χ1n) is 12.2. The molecule has 1 atom stereocenters. The highest BCUT2D eigenvalue weighted by Gasteiger charge is 2.21. The van der Waals surface area contributed by atoms with Gasteiger partial charge in [-0.05, 0) is 44.0 Å². The van der Waals surface area contributed by atoms with Crippen LogP contribution in [-0.4, -0.2) is 35.7 Å². The predicted octanol–water partition coefficient (Wildman–Crippen LogP) is 8.13. The second-order valence-electron chi connectivity index (χ2n) is 8.55. The van der Waals surface area contributed by atoms with Crippen LogP contribution in [0, 0.1) is 0 Å². The summed E-state index contributed by atoms with van der Waals surface area (Å²) < 4.78 is 11.9. The fraction of sp³-hybridized carbons (Fsp3) is 0.321. The second-order valence-corrected chi connectivity index (χ2v) is 10.2. The molecule has 0 bridgehead atoms. The lowest BCUT2D eigenvalue weighted by Gasteiger charge is -2.21. The topological polar surface area (TPSA) is 97.8 Å². The highest BCUT2D eigenvalue weighted by Crippen LogP contribution is 2.40. The number of aromatic nitrogens is 1. The summed E-state index contributed by atoms with van der Waals surface area (Å²) in [6, 6.07) is 8.77. The number of methoxy groups -OCH3 is 1. The van der Waals surface area contributed by atoms with Crippen LogP contribution in [0.15, 0.2) is 41.3 Å². The maximum atomic E-state index is 12.9. The van der Waals surface area contributed by atoms with Gasteiger partial charge in [0, 0.05) is 39.8 Å². The quantitative estimate of drug-likeness (QED) is 0.211. The van der Waals surface area contributed by atoms with Gasteiger partial charge in [0.25, 0.3) is 5.91 Å². The molecule has 1 amide bonds. The molecular formula is C28H30Cl2N2O5S. The van der Waals surface area contributed by atoms with Gasteiger partial charge in [-0.25, -0.2) is 9.78 Å². The summed E-state index contributed by atoms with van der Waals surface area (Å²) in [5, 5.41) is 14.5. The number of halogens is 2. The normalized spacial score (nSPS) is 12.3. The van der Waals surface area contributed by atoms with E-state index < -0.39 is 11.9 Å². The zero-order valence-electron chi connectivity index (χ0n) is 21.6. The number of carbonyl (C=O) groups is 2. The first-order chi connectivity index (χ1) is 18.2. The van der Waals surface area contributed by atoms with E-state index in [1.54, 1.807) is 7.11 Å². The van der Waals surface area contributed by atoms with Crippen LogP contribution in [0.4, 0.5) is 5.13 Å². The number of carboxylic acids is 1. The molecule has 2 aromatic carbocycles. The standard InChI is InChI=1S/C28H30Cl2N2O5S/c1-5-8-24(37-11-6-2)19-10-7-9-18(25(19)36-4)23-15-38-28(31-23)32-26(33)17-13-21(29)20(22(30)14-17)12-16(3)27(34)35/h7,9-10,12-15,24H,5-6,8,11H2,1-4H3,(H,34,35)(H,31,32,33)/t24-/m1/s1. The Morgan fingerprint density at radius 1 is 1.18 bits per heavy atom. The number of rotatable bonds is 12. The van der Waals surface area contributed by atoms with Crippen LogP contribution in [0.2, 0.25) is 10.0 Å². The van der Waals surface area contributed by atoms with E-state index in [4.69, 9.17) is 37.8 Å². The average Bonchev–Trinajstić information content (AvgIpc) is 3.35. The van der Waals surface area contributed by atoms with Crippen molar-refractivity contribution < 1.29 is 24.2 Å². The van der Waals surface area contributed by atoms with Gasteiger partial charge in [-0.2, -0.15) is 0 Å². The number of thiazole rings is 1. The van der Waals surface area contributed by atoms with E-state index in [1.165, 1.54) is 36.5 Å². The van der Waals surface area contributed by atoms with Crippen molar-refractivity contribution in [2.24, 2.45) is 0 Å². The molecule has 2 N–H and O–H groups in total. The van der Waals surface area contributed by atoms with Crippen molar-refractivity contribution in [1.82, 2.24) is 4.98 Å². The third kappa shape index (κ3) is 7.14. The molecule has 0 radical (unpaired) electrons. The minimum absolute atomic E-state index is 0.0683. The van der Waals surface area contributed by atoms with Gasteiger partial charge in [-0.1, -0.05) is 55.6 Å². The summed E-state index contributed by atoms with van der Waals surface area (Å²) >= 11 is 13.9. The van der Waals surface area contributed by atoms with E-state index in [0.717, 1.165) is 30.4 Å². The zero-order chi connectivity index (χ0) is 27.8. The number of nitrogens with one attached hydrogen (secondary N) is 1. The number of aliphatic carboxylic acids is 1. The highest BCUT2D eigenvalue weighted by molar-refractivity contribution is 7.14. The molecule has 0 unspecified atom stereocenters. The number of hydrogen-bond donors (Lipinski definition) is 2. The summed E-state index contributed by atoms with van der Waals surface area (Å²) in [5.41, 5.74) is 3.05. The Balaban J connectivity index is 1.86. The van der Waals surface area contributed by atoms with Crippen LogP contribution in [-0.2, 0) is 9.53 Å². The van der Waals surface area contributed by atoms with Crippen LogP contribution in [0.3, 0.4) is 0 Å². The van der Waals surface area contributed by atoms with Crippen LogP contribution < -0.4 is 10.1 Å². The highest BCUT2D eigenvalue weighted by atomic mass is 35.5. The summed E-state index contributed by atoms with van der Waals surface area (Å²) in [6.45, 7) is 6.29. The monoisotopic (exact) mass is 576 g/mol. The molecule has 10 heteroatoms. The molecule has 7 nitrogen and oxygen atoms in total. The first kappa shape index (κ1) is 29.6. The Morgan fingerprint density at radius 3 is 2.50 bits per heavy atom. The minimum atomic E-state index is -1.09. The molecule has 202 valence electrons. The molecule has 0 fully saturated rings. The van der Waals surface area contributed by atoms with Gasteiger partial charge in [0.05, 0.1) is 29.0 Å². The number of ether oxygens (including phenoxy) is 2. The molecule has 0 saturated carbocycles. The number of nitrogens with zero attached hydrogens (tertiary/aromatic N) is 1. The maximum absolute atomic E-state index is 12.9. The lowest BCUT2D eigenvalue weighted by atomic mass is 9.99. The van der Waals surface area contributed by atoms with Gasteiger partial charge in [0.15, 0.2) is 5.13 Å². The van der Waals surface area contributed by atoms with Gasteiger partial charge in [0.2, 0.25) is 0 Å². The van der Waals surface area contributed by atoms with Gasteiger partial charge < -0.3 is 14.6 Å². The lowest BCUT2D eigenvalue weighted by molar-refractivity contribution is -0.132. The van der Waals surface area contributed by atoms with Crippen molar-refractivity contribution in [2.45, 2.75) is 46.1 Å². The summed E-state index contributed by atoms with van der Waals surface area (Å²) in [6.07, 6.45) is 4.04. The molecule has 38 heavy (non-hydrogen) atoms. The van der Waals surface area contributed by atoms with Crippen molar-refractivity contribution in [1.29, 1.82) is 0 Å². The summed E-state index contributed by atoms with van der Waals surface area (Å²) in [7, 11) is 1.63. The van der Waals surface area contributed by atoms with Gasteiger partial charge in [-0.3, -0.25) is 10.1 Å². The minimum Gasteiger partial charge on any atom is -0.496 e. The lowest BCUT2D eigenvalue weighted by Crippen LogP contribution is -2.12. The third-order valence-corrected chi connectivity index (χ3v) is 7.09. The van der Waals surface area contributed by atoms with Crippen LogP contribution in [0.5, 0.6) is 5.75 Å². The van der Waals surface area contributed by atoms with Gasteiger partial charge in [0.1, 0.15) is 5.75 Å². The van der Waals surface area contributed by atoms with E-state index in [9.17, 15) is 9.59 Å². The van der Waals surface area contributed by atoms with Crippen molar-refractivity contribution in [3.8, 4) is 17.0 Å². The van der Waals surface area contributed by atoms with Crippen LogP contribution in [0.25, 0.3) is 17.3 Å². The Labute approximate surface area is 236 Å². The van der Waals surface area contributed by atoms with E-state index in [0.29, 0.717) is 28.7 Å².